The fraction of sp³-hybridized carbons (Fsp3) is 0.524. The minimum atomic E-state index is -1.35. The van der Waals surface area contributed by atoms with Crippen molar-refractivity contribution in [2.45, 2.75) is 113 Å². The lowest BCUT2D eigenvalue weighted by Crippen LogP contribution is -2.63. The summed E-state index contributed by atoms with van der Waals surface area (Å²) in [4.78, 5) is 169. The molecule has 712 valence electrons. The zero-order valence-corrected chi connectivity index (χ0v) is 75.6. The number of aromatic nitrogens is 6. The number of ether oxygens (including phenoxy) is 15. The lowest BCUT2D eigenvalue weighted by Gasteiger charge is -2.43. The van der Waals surface area contributed by atoms with Crippen LogP contribution in [0.4, 0.5) is 47.9 Å². The Labute approximate surface area is 757 Å². The fourth-order valence-electron chi connectivity index (χ4n) is 15.3. The number of likely N-dealkylation sites (N-methyl/N-ethyl adjacent to an activating group) is 6. The number of esters is 2. The van der Waals surface area contributed by atoms with Gasteiger partial charge in [-0.1, -0.05) is 26.0 Å². The molecule has 4 aliphatic rings. The minimum Gasteiger partial charge on any atom is -0.467 e. The summed E-state index contributed by atoms with van der Waals surface area (Å²) in [6.45, 7) is 20.7. The molecule has 3 aromatic carbocycles. The smallest absolute Gasteiger partial charge is 0.425 e. The zero-order valence-electron chi connectivity index (χ0n) is 75.6. The summed E-state index contributed by atoms with van der Waals surface area (Å²) in [7, 11) is 20.8. The maximum Gasteiger partial charge on any atom is 0.425 e. The average molecular weight is 1850 g/mol. The standard InChI is InChI=1S/C39H51N9O13.C23H23N7O5.C22H33N3O11/c1-23-12-14-46(29(49)19-40-2)20-27(23)45(5)34-25-13-15-47(35(25)42-22-41-34)38(51)43(3)16-17-44(4)39(52)59-21-24-10-11-28(26(18-24)48(53)54)60-37-33(57-8)31(56-7)30(55-6)32(61-37)36(50)58-9;1-15-8-10-28(20(31)12-24-2)13-19(15)27(3)21-18-9-11-29(22(18)26-14-25-21)23(32)35-17-6-4-16(5-7-17)30(33)34;1-23-9-10-24(2)22(27)34-12-13-7-8-15(14(11-13)25(28)29)35-21-19(32-5)17(31-4)16(30-3)18(36-21)20(26)33-6/h10-11,13,15,18,22-23,27,30-33,37H,12,14,16-17,19-21H2,1,3-9H3;4-7,9,11,14-15,19H,8,10,12-13H2,1,3H3;7-8,11,16-19,21,23H,9-10,12H2,1-6H3/t23-,27+,30+,31+,32+,33-,37-;15-,19+;16-,17-,18-,19+,21+/m110/s1. The van der Waals surface area contributed by atoms with Crippen LogP contribution in [0, 0.1) is 55.3 Å². The van der Waals surface area contributed by atoms with Crippen LogP contribution in [-0.2, 0) is 89.2 Å². The van der Waals surface area contributed by atoms with E-state index in [0.717, 1.165) is 12.8 Å². The van der Waals surface area contributed by atoms with Gasteiger partial charge < -0.3 is 120 Å². The van der Waals surface area contributed by atoms with E-state index < -0.39 is 124 Å². The summed E-state index contributed by atoms with van der Waals surface area (Å²) >= 11 is 0. The number of methoxy groups -OCH3 is 8. The number of piperidine rings is 2. The molecule has 0 bridgehead atoms. The van der Waals surface area contributed by atoms with Crippen LogP contribution < -0.4 is 29.3 Å². The van der Waals surface area contributed by atoms with E-state index in [2.05, 4.69) is 48.8 Å². The number of nitrogens with zero attached hydrogens (tertiary/aromatic N) is 18. The molecule has 7 aromatic rings. The molecule has 8 heterocycles. The van der Waals surface area contributed by atoms with Gasteiger partial charge in [-0.05, 0) is 79.3 Å². The molecule has 4 saturated heterocycles. The first-order valence-corrected chi connectivity index (χ1v) is 41.2. The Hall–Kier alpha value is -13.7. The van der Waals surface area contributed by atoms with E-state index in [1.807, 2.05) is 23.9 Å². The largest absolute Gasteiger partial charge is 0.467 e. The Morgan fingerprint density at radius 1 is 0.523 bits per heavy atom. The van der Waals surface area contributed by atoms with E-state index in [0.29, 0.717) is 78.5 Å². The number of nitro benzene ring substituents is 3. The number of fused-ring (bicyclic) bond motifs is 2. The fourth-order valence-corrected chi connectivity index (χ4v) is 15.3. The Kier molecular flexibility index (Phi) is 36.9. The third-order valence-corrected chi connectivity index (χ3v) is 22.8. The van der Waals surface area contributed by atoms with E-state index in [1.54, 1.807) is 49.3 Å². The number of benzene rings is 3. The van der Waals surface area contributed by atoms with Gasteiger partial charge in [0.1, 0.15) is 79.9 Å². The Balaban J connectivity index is 0.000000237. The summed E-state index contributed by atoms with van der Waals surface area (Å²) in [5.41, 5.74) is 0.394. The normalized spacial score (nSPS) is 21.5. The molecule has 11 rings (SSSR count). The molecule has 14 atom stereocenters. The van der Waals surface area contributed by atoms with Gasteiger partial charge in [-0.15, -0.1) is 0 Å². The molecule has 4 fully saturated rings. The van der Waals surface area contributed by atoms with Crippen LogP contribution in [0.25, 0.3) is 31.8 Å². The molecule has 1 N–H and O–H groups in total. The second kappa shape index (κ2) is 47.7. The van der Waals surface area contributed by atoms with Crippen molar-refractivity contribution in [2.75, 3.05) is 174 Å². The molecule has 132 heavy (non-hydrogen) atoms. The van der Waals surface area contributed by atoms with Crippen LogP contribution in [0.5, 0.6) is 17.2 Å². The van der Waals surface area contributed by atoms with Gasteiger partial charge in [-0.3, -0.25) is 44.5 Å². The van der Waals surface area contributed by atoms with Crippen LogP contribution in [0.1, 0.15) is 37.8 Å². The van der Waals surface area contributed by atoms with Crippen LogP contribution >= 0.6 is 0 Å². The maximum atomic E-state index is 13.6. The van der Waals surface area contributed by atoms with Crippen molar-refractivity contribution in [2.24, 2.45) is 11.8 Å². The van der Waals surface area contributed by atoms with Crippen molar-refractivity contribution in [3.8, 4) is 17.2 Å². The highest BCUT2D eigenvalue weighted by atomic mass is 16.7. The van der Waals surface area contributed by atoms with Crippen molar-refractivity contribution in [3.63, 3.8) is 0 Å². The van der Waals surface area contributed by atoms with Crippen molar-refractivity contribution in [3.05, 3.63) is 162 Å². The number of nitrogens with one attached hydrogen (secondary N) is 1. The average Bonchev–Trinajstić information content (AvgIpc) is 1.73. The molecule has 0 radical (unpaired) electrons. The maximum absolute atomic E-state index is 13.6. The zero-order chi connectivity index (χ0) is 96.5. The second-order valence-electron chi connectivity index (χ2n) is 30.8. The number of anilines is 2. The summed E-state index contributed by atoms with van der Waals surface area (Å²) in [5.74, 6) is -0.396. The lowest BCUT2D eigenvalue weighted by molar-refractivity contribution is -0.387. The van der Waals surface area contributed by atoms with E-state index in [9.17, 15) is 68.7 Å². The summed E-state index contributed by atoms with van der Waals surface area (Å²) in [6, 6.07) is 16.2. The Bertz CT molecular complexity index is 5310. The summed E-state index contributed by atoms with van der Waals surface area (Å²) in [6.07, 6.45) is -5.16. The second-order valence-corrected chi connectivity index (χ2v) is 30.8. The predicted octanol–water partition coefficient (Wildman–Crippen LogP) is 6.11. The number of hydrogen-bond acceptors (Lipinski definition) is 36. The van der Waals surface area contributed by atoms with Crippen LogP contribution in [0.2, 0.25) is 0 Å². The topological polar surface area (TPSA) is 509 Å². The van der Waals surface area contributed by atoms with Gasteiger partial charge in [-0.2, -0.15) is 0 Å². The number of likely N-dealkylation sites (tertiary alicyclic amines) is 2. The molecule has 48 nitrogen and oxygen atoms in total. The van der Waals surface area contributed by atoms with E-state index >= 15 is 0 Å². The van der Waals surface area contributed by atoms with Crippen molar-refractivity contribution in [1.82, 2.24) is 58.9 Å². The third-order valence-electron chi connectivity index (χ3n) is 22.8. The summed E-state index contributed by atoms with van der Waals surface area (Å²) < 4.78 is 84.4. The number of rotatable bonds is 32. The van der Waals surface area contributed by atoms with Crippen molar-refractivity contribution < 1.29 is 124 Å². The van der Waals surface area contributed by atoms with Crippen molar-refractivity contribution >= 4 is 98.8 Å². The predicted molar refractivity (Wildman–Crippen MR) is 464 cm³/mol. The highest BCUT2D eigenvalue weighted by Gasteiger charge is 2.54. The van der Waals surface area contributed by atoms with Gasteiger partial charge >= 0.3 is 59.4 Å². The number of nitro groups is 3. The molecule has 4 aromatic heterocycles. The lowest BCUT2D eigenvalue weighted by atomic mass is 9.92. The molecule has 0 unspecified atom stereocenters. The number of carbonyl (C=O) groups excluding carboxylic acids is 8. The Morgan fingerprint density at radius 2 is 0.932 bits per heavy atom. The molecule has 4 aliphatic heterocycles. The first-order chi connectivity index (χ1) is 63.2. The molecular weight excluding hydrogens is 1740 g/mol. The Morgan fingerprint density at radius 3 is 1.33 bits per heavy atom. The number of non-ortho nitro benzene ring substituents is 1. The monoisotopic (exact) mass is 1850 g/mol. The highest BCUT2D eigenvalue weighted by molar-refractivity contribution is 5.96. The van der Waals surface area contributed by atoms with Crippen molar-refractivity contribution in [1.29, 1.82) is 0 Å². The first-order valence-electron chi connectivity index (χ1n) is 41.2. The van der Waals surface area contributed by atoms with Gasteiger partial charge in [0.2, 0.25) is 12.6 Å². The van der Waals surface area contributed by atoms with Gasteiger partial charge in [0.05, 0.1) is 51.8 Å². The van der Waals surface area contributed by atoms with E-state index in [4.69, 9.17) is 84.2 Å². The SMILES string of the molecule is CNCCN(C)C(=O)OCc1ccc(O[C@@H]2O[C@H](C(=O)OC)[C@@H](OC)[C@H](OC)[C@H]2OC)c([N+](=O)[O-])c1.[C-]#[N+]CC(=O)N1CC[C@@H](C)[C@@H](N(C)c2ncnc3c2ccn3C(=O)N(C)CCN(C)C(=O)OCc2ccc(O[C@@H]3O[C@H](C(=O)OC)[C@@H](OC)[C@H](OC)[C@H]3OC)c([N+](=O)[O-])c2)C1.[C-]#[N+]CC(=O)N1CC[C@@H](C)[C@@H](N(C)c2ncnc3c2ccn3C(=O)Oc2ccc([N+](=O)[O-])cc2)C1. The third kappa shape index (κ3) is 24.5. The molecule has 0 saturated carbocycles. The van der Waals surface area contributed by atoms with Crippen LogP contribution in [0.15, 0.2) is 97.8 Å². The number of carbonyl (C=O) groups is 8. The molecule has 0 spiro atoms. The molecular formula is C84H107N19O29. The number of hydrogen-bond donors (Lipinski definition) is 1. The molecule has 48 heteroatoms. The van der Waals surface area contributed by atoms with Gasteiger partial charge in [0.15, 0.2) is 35.0 Å². The van der Waals surface area contributed by atoms with E-state index in [-0.39, 0.29) is 104 Å². The highest BCUT2D eigenvalue weighted by Crippen LogP contribution is 2.39. The summed E-state index contributed by atoms with van der Waals surface area (Å²) in [5, 5.41) is 38.9. The minimum absolute atomic E-state index is 0.0352. The first kappa shape index (κ1) is 102. The quantitative estimate of drug-likeness (QED) is 0.0163. The van der Waals surface area contributed by atoms with Gasteiger partial charge in [-0.25, -0.2) is 66.4 Å². The van der Waals surface area contributed by atoms with Gasteiger partial charge in [0, 0.05) is 167 Å². The van der Waals surface area contributed by atoms with Crippen LogP contribution in [-0.4, -0.2) is 355 Å². The molecule has 5 amide bonds. The van der Waals surface area contributed by atoms with E-state index in [1.165, 1.54) is 167 Å². The number of amides is 5. The molecule has 0 aliphatic carbocycles. The van der Waals surface area contributed by atoms with Gasteiger partial charge in [0.25, 0.3) is 18.8 Å². The van der Waals surface area contributed by atoms with Crippen LogP contribution in [0.3, 0.4) is 0 Å².